The Hall–Kier alpha value is -0.660. The van der Waals surface area contributed by atoms with Crippen LogP contribution in [0.3, 0.4) is 0 Å². The number of nitrogens with one attached hydrogen (secondary N) is 1. The molecule has 14 heavy (non-hydrogen) atoms. The van der Waals surface area contributed by atoms with E-state index in [2.05, 4.69) is 16.8 Å². The molecule has 0 aromatic rings. The maximum atomic E-state index is 4.15. The zero-order valence-corrected chi connectivity index (χ0v) is 9.10. The highest BCUT2D eigenvalue weighted by atomic mass is 15.3. The Morgan fingerprint density at radius 1 is 1.00 bits per heavy atom. The molecule has 2 nitrogen and oxygen atoms in total. The van der Waals surface area contributed by atoms with E-state index in [1.54, 1.807) is 0 Å². The van der Waals surface area contributed by atoms with Crippen molar-refractivity contribution in [3.8, 4) is 0 Å². The van der Waals surface area contributed by atoms with Crippen molar-refractivity contribution in [2.45, 2.75) is 51.0 Å². The summed E-state index contributed by atoms with van der Waals surface area (Å²) in [6.07, 6.45) is 9.57. The summed E-state index contributed by atoms with van der Waals surface area (Å²) < 4.78 is 0. The monoisotopic (exact) mass is 194 g/mol. The van der Waals surface area contributed by atoms with E-state index in [-0.39, 0.29) is 0 Å². The molecule has 0 spiro atoms. The second kappa shape index (κ2) is 4.72. The van der Waals surface area contributed by atoms with Gasteiger partial charge in [0.05, 0.1) is 5.82 Å². The van der Waals surface area contributed by atoms with Crippen molar-refractivity contribution in [3.63, 3.8) is 0 Å². The van der Waals surface area contributed by atoms with Crippen LogP contribution in [0.4, 0.5) is 0 Å². The van der Waals surface area contributed by atoms with Crippen LogP contribution in [-0.2, 0) is 0 Å². The van der Waals surface area contributed by atoms with E-state index in [9.17, 15) is 0 Å². The minimum atomic E-state index is 0.705. The van der Waals surface area contributed by atoms with Crippen molar-refractivity contribution in [3.05, 3.63) is 12.4 Å². The van der Waals surface area contributed by atoms with Gasteiger partial charge in [0, 0.05) is 19.1 Å². The predicted molar refractivity (Wildman–Crippen MR) is 60.0 cm³/mol. The quantitative estimate of drug-likeness (QED) is 0.742. The molecule has 0 atom stereocenters. The van der Waals surface area contributed by atoms with Crippen molar-refractivity contribution in [1.29, 1.82) is 0 Å². The minimum absolute atomic E-state index is 0.705. The van der Waals surface area contributed by atoms with Gasteiger partial charge in [0.2, 0.25) is 0 Å². The Balaban J connectivity index is 1.75. The number of hydrogen-bond donors (Lipinski definition) is 1. The maximum absolute atomic E-state index is 4.15. The molecule has 0 bridgehead atoms. The van der Waals surface area contributed by atoms with Crippen LogP contribution in [0.1, 0.15) is 44.9 Å². The third kappa shape index (κ3) is 2.43. The fourth-order valence-corrected chi connectivity index (χ4v) is 2.56. The first kappa shape index (κ1) is 9.88. The summed E-state index contributed by atoms with van der Waals surface area (Å²) in [5, 5.41) is 3.59. The maximum Gasteiger partial charge on any atom is 0.0940 e. The van der Waals surface area contributed by atoms with Crippen molar-refractivity contribution < 1.29 is 0 Å². The zero-order valence-electron chi connectivity index (χ0n) is 9.10. The van der Waals surface area contributed by atoms with Gasteiger partial charge >= 0.3 is 0 Å². The first-order valence-electron chi connectivity index (χ1n) is 6.06. The van der Waals surface area contributed by atoms with Crippen LogP contribution in [-0.4, -0.2) is 24.0 Å². The Kier molecular flexibility index (Phi) is 3.33. The van der Waals surface area contributed by atoms with Gasteiger partial charge in [-0.2, -0.15) is 0 Å². The minimum Gasteiger partial charge on any atom is -0.370 e. The molecule has 1 N–H and O–H groups in total. The molecule has 1 aliphatic carbocycles. The van der Waals surface area contributed by atoms with Crippen molar-refractivity contribution in [1.82, 2.24) is 10.2 Å². The van der Waals surface area contributed by atoms with Crippen LogP contribution in [0.25, 0.3) is 0 Å². The Morgan fingerprint density at radius 2 is 1.64 bits per heavy atom. The van der Waals surface area contributed by atoms with Gasteiger partial charge in [-0.3, -0.25) is 0 Å². The Bertz CT molecular complexity index is 188. The van der Waals surface area contributed by atoms with Crippen molar-refractivity contribution >= 4 is 0 Å². The summed E-state index contributed by atoms with van der Waals surface area (Å²) in [4.78, 5) is 2.40. The molecule has 0 amide bonds. The summed E-state index contributed by atoms with van der Waals surface area (Å²) in [5.41, 5.74) is 0. The number of likely N-dealkylation sites (tertiary alicyclic amines) is 1. The van der Waals surface area contributed by atoms with Gasteiger partial charge in [-0.1, -0.05) is 25.8 Å². The summed E-state index contributed by atoms with van der Waals surface area (Å²) in [5.74, 6) is 1.18. The fourth-order valence-electron chi connectivity index (χ4n) is 2.56. The molecule has 1 heterocycles. The van der Waals surface area contributed by atoms with Gasteiger partial charge in [0.25, 0.3) is 0 Å². The fraction of sp³-hybridized carbons (Fsp3) is 0.833. The highest BCUT2D eigenvalue weighted by molar-refractivity contribution is 4.96. The summed E-state index contributed by atoms with van der Waals surface area (Å²) in [7, 11) is 0. The molecule has 0 aromatic carbocycles. The first-order valence-corrected chi connectivity index (χ1v) is 6.06. The number of nitrogens with zero attached hydrogens (tertiary/aromatic N) is 1. The first-order chi connectivity index (χ1) is 6.86. The van der Waals surface area contributed by atoms with Gasteiger partial charge in [-0.15, -0.1) is 0 Å². The highest BCUT2D eigenvalue weighted by Gasteiger charge is 2.17. The summed E-state index contributed by atoms with van der Waals surface area (Å²) >= 11 is 0. The second-order valence-corrected chi connectivity index (χ2v) is 4.62. The molecule has 2 aliphatic rings. The molecule has 0 radical (unpaired) electrons. The zero-order chi connectivity index (χ0) is 9.80. The molecule has 2 rings (SSSR count). The van der Waals surface area contributed by atoms with Crippen LogP contribution in [0, 0.1) is 0 Å². The van der Waals surface area contributed by atoms with E-state index >= 15 is 0 Å². The average Bonchev–Trinajstić information content (AvgIpc) is 2.72. The van der Waals surface area contributed by atoms with Gasteiger partial charge in [-0.25, -0.2) is 0 Å². The van der Waals surface area contributed by atoms with Crippen molar-refractivity contribution in [2.24, 2.45) is 0 Å². The van der Waals surface area contributed by atoms with Gasteiger partial charge in [-0.05, 0) is 25.7 Å². The lowest BCUT2D eigenvalue weighted by Gasteiger charge is -2.29. The normalized spacial score (nSPS) is 23.9. The summed E-state index contributed by atoms with van der Waals surface area (Å²) in [6, 6.07) is 0.705. The van der Waals surface area contributed by atoms with Crippen LogP contribution in [0.15, 0.2) is 12.4 Å². The van der Waals surface area contributed by atoms with Crippen LogP contribution >= 0.6 is 0 Å². The molecule has 2 fully saturated rings. The molecule has 0 aromatic heterocycles. The summed E-state index contributed by atoms with van der Waals surface area (Å²) in [6.45, 7) is 6.56. The standard InChI is InChI=1S/C12H22N2/c1-11(14-9-5-6-10-14)13-12-7-3-2-4-8-12/h12-13H,1-10H2. The van der Waals surface area contributed by atoms with Gasteiger partial charge in [0.15, 0.2) is 0 Å². The van der Waals surface area contributed by atoms with E-state index in [1.807, 2.05) is 0 Å². The molecule has 1 saturated carbocycles. The van der Waals surface area contributed by atoms with Gasteiger partial charge in [0.1, 0.15) is 0 Å². The lowest BCUT2D eigenvalue weighted by atomic mass is 9.95. The Labute approximate surface area is 87.4 Å². The number of rotatable bonds is 3. The molecular formula is C12H22N2. The van der Waals surface area contributed by atoms with E-state index < -0.39 is 0 Å². The predicted octanol–water partition coefficient (Wildman–Crippen LogP) is 2.48. The molecule has 2 heteroatoms. The second-order valence-electron chi connectivity index (χ2n) is 4.62. The molecule has 1 saturated heterocycles. The third-order valence-corrected chi connectivity index (χ3v) is 3.46. The van der Waals surface area contributed by atoms with E-state index in [1.165, 1.54) is 63.9 Å². The Morgan fingerprint density at radius 3 is 2.29 bits per heavy atom. The topological polar surface area (TPSA) is 15.3 Å². The SMILES string of the molecule is C=C(NC1CCCCC1)N1CCCC1. The average molecular weight is 194 g/mol. The van der Waals surface area contributed by atoms with Crippen LogP contribution < -0.4 is 5.32 Å². The molecular weight excluding hydrogens is 172 g/mol. The van der Waals surface area contributed by atoms with E-state index in [0.29, 0.717) is 6.04 Å². The molecule has 0 unspecified atom stereocenters. The van der Waals surface area contributed by atoms with Crippen LogP contribution in [0.5, 0.6) is 0 Å². The smallest absolute Gasteiger partial charge is 0.0940 e. The van der Waals surface area contributed by atoms with E-state index in [4.69, 9.17) is 0 Å². The molecule has 1 aliphatic heterocycles. The number of hydrogen-bond acceptors (Lipinski definition) is 2. The lowest BCUT2D eigenvalue weighted by molar-refractivity contribution is 0.329. The third-order valence-electron chi connectivity index (χ3n) is 3.46. The van der Waals surface area contributed by atoms with Crippen LogP contribution in [0.2, 0.25) is 0 Å². The highest BCUT2D eigenvalue weighted by Crippen LogP contribution is 2.19. The largest absolute Gasteiger partial charge is 0.370 e. The lowest BCUT2D eigenvalue weighted by Crippen LogP contribution is -2.37. The van der Waals surface area contributed by atoms with E-state index in [0.717, 1.165) is 0 Å². The molecule has 80 valence electrons. The van der Waals surface area contributed by atoms with Gasteiger partial charge < -0.3 is 10.2 Å². The van der Waals surface area contributed by atoms with Crippen molar-refractivity contribution in [2.75, 3.05) is 13.1 Å².